The van der Waals surface area contributed by atoms with E-state index in [1.165, 1.54) is 18.2 Å². The van der Waals surface area contributed by atoms with Crippen LogP contribution < -0.4 is 10.9 Å². The Hall–Kier alpha value is -2.28. The van der Waals surface area contributed by atoms with E-state index >= 15 is 0 Å². The van der Waals surface area contributed by atoms with Gasteiger partial charge in [0.25, 0.3) is 5.56 Å². The van der Waals surface area contributed by atoms with E-state index in [1.807, 2.05) is 6.92 Å². The number of hydrogen-bond acceptors (Lipinski definition) is 5. The molecule has 0 unspecified atom stereocenters. The molecule has 0 bridgehead atoms. The number of aromatic hydroxyl groups is 1. The fourth-order valence-corrected chi connectivity index (χ4v) is 2.55. The van der Waals surface area contributed by atoms with Gasteiger partial charge >= 0.3 is 0 Å². The summed E-state index contributed by atoms with van der Waals surface area (Å²) in [6.45, 7) is 2.01. The Labute approximate surface area is 132 Å². The number of amides is 1. The third-order valence-corrected chi connectivity index (χ3v) is 3.62. The monoisotopic (exact) mass is 319 g/mol. The summed E-state index contributed by atoms with van der Waals surface area (Å²) in [5, 5.41) is 12.4. The summed E-state index contributed by atoms with van der Waals surface area (Å²) >= 11 is 1.16. The Bertz CT molecular complexity index is 715. The van der Waals surface area contributed by atoms with Gasteiger partial charge in [0.15, 0.2) is 5.16 Å². The maximum atomic E-state index is 11.9. The molecule has 3 N–H and O–H groups in total. The lowest BCUT2D eigenvalue weighted by Crippen LogP contribution is -2.15. The van der Waals surface area contributed by atoms with Crippen LogP contribution in [0.1, 0.15) is 19.0 Å². The SMILES string of the molecule is CCCc1cc(=O)[nH]c(SCC(=O)Nc2cccc(O)c2)n1. The lowest BCUT2D eigenvalue weighted by Gasteiger charge is -2.06. The Morgan fingerprint density at radius 2 is 2.23 bits per heavy atom. The summed E-state index contributed by atoms with van der Waals surface area (Å²) in [4.78, 5) is 30.3. The number of carbonyl (C=O) groups excluding carboxylic acids is 1. The molecule has 22 heavy (non-hydrogen) atoms. The van der Waals surface area contributed by atoms with E-state index in [0.717, 1.165) is 30.3 Å². The van der Waals surface area contributed by atoms with Crippen molar-refractivity contribution in [2.45, 2.75) is 24.9 Å². The van der Waals surface area contributed by atoms with Gasteiger partial charge in [-0.3, -0.25) is 9.59 Å². The van der Waals surface area contributed by atoms with Crippen molar-refractivity contribution in [1.29, 1.82) is 0 Å². The lowest BCUT2D eigenvalue weighted by molar-refractivity contribution is -0.113. The van der Waals surface area contributed by atoms with E-state index in [2.05, 4.69) is 15.3 Å². The number of phenols is 1. The van der Waals surface area contributed by atoms with Crippen molar-refractivity contribution in [3.8, 4) is 5.75 Å². The molecule has 0 fully saturated rings. The average molecular weight is 319 g/mol. The zero-order chi connectivity index (χ0) is 15.9. The lowest BCUT2D eigenvalue weighted by atomic mass is 10.2. The first-order chi connectivity index (χ1) is 10.6. The molecule has 2 rings (SSSR count). The maximum absolute atomic E-state index is 11.9. The highest BCUT2D eigenvalue weighted by atomic mass is 32.2. The summed E-state index contributed by atoms with van der Waals surface area (Å²) in [6.07, 6.45) is 1.63. The standard InChI is InChI=1S/C15H17N3O3S/c1-2-4-10-8-13(20)18-15(17-10)22-9-14(21)16-11-5-3-6-12(19)7-11/h3,5-8,19H,2,4,9H2,1H3,(H,16,21)(H,17,18,20). The van der Waals surface area contributed by atoms with Crippen molar-refractivity contribution < 1.29 is 9.90 Å². The Morgan fingerprint density at radius 3 is 2.95 bits per heavy atom. The molecule has 0 aliphatic rings. The average Bonchev–Trinajstić information content (AvgIpc) is 2.45. The van der Waals surface area contributed by atoms with E-state index in [-0.39, 0.29) is 23.0 Å². The Kier molecular flexibility index (Phi) is 5.60. The minimum atomic E-state index is -0.237. The second-order valence-corrected chi connectivity index (χ2v) is 5.64. The minimum Gasteiger partial charge on any atom is -0.508 e. The number of benzene rings is 1. The van der Waals surface area contributed by atoms with Gasteiger partial charge in [0, 0.05) is 23.5 Å². The number of hydrogen-bond donors (Lipinski definition) is 3. The molecule has 0 saturated heterocycles. The second-order valence-electron chi connectivity index (χ2n) is 4.68. The molecule has 0 radical (unpaired) electrons. The molecule has 1 amide bonds. The number of aromatic amines is 1. The van der Waals surface area contributed by atoms with E-state index < -0.39 is 0 Å². The number of thioether (sulfide) groups is 1. The molecule has 1 heterocycles. The molecular formula is C15H17N3O3S. The number of aromatic nitrogens is 2. The summed E-state index contributed by atoms with van der Waals surface area (Å²) in [5.41, 5.74) is 1.03. The van der Waals surface area contributed by atoms with Crippen molar-refractivity contribution in [1.82, 2.24) is 9.97 Å². The quantitative estimate of drug-likeness (QED) is 0.560. The number of nitrogens with one attached hydrogen (secondary N) is 2. The number of H-pyrrole nitrogens is 1. The molecule has 0 saturated carbocycles. The van der Waals surface area contributed by atoms with Crippen molar-refractivity contribution in [3.63, 3.8) is 0 Å². The molecule has 0 atom stereocenters. The van der Waals surface area contributed by atoms with Gasteiger partial charge < -0.3 is 15.4 Å². The second kappa shape index (κ2) is 7.65. The first-order valence-electron chi connectivity index (χ1n) is 6.88. The van der Waals surface area contributed by atoms with Crippen molar-refractivity contribution >= 4 is 23.4 Å². The van der Waals surface area contributed by atoms with Crippen LogP contribution in [-0.2, 0) is 11.2 Å². The van der Waals surface area contributed by atoms with Crippen LogP contribution >= 0.6 is 11.8 Å². The van der Waals surface area contributed by atoms with E-state index in [0.29, 0.717) is 10.8 Å². The topological polar surface area (TPSA) is 95.1 Å². The van der Waals surface area contributed by atoms with E-state index in [9.17, 15) is 14.7 Å². The summed E-state index contributed by atoms with van der Waals surface area (Å²) < 4.78 is 0. The van der Waals surface area contributed by atoms with Gasteiger partial charge in [0.2, 0.25) is 5.91 Å². The van der Waals surface area contributed by atoms with Crippen LogP contribution in [-0.4, -0.2) is 26.7 Å². The fourth-order valence-electron chi connectivity index (χ4n) is 1.85. The normalized spacial score (nSPS) is 10.4. The highest BCUT2D eigenvalue weighted by Gasteiger charge is 2.07. The van der Waals surface area contributed by atoms with Gasteiger partial charge in [0.1, 0.15) is 5.75 Å². The van der Waals surface area contributed by atoms with Gasteiger partial charge in [-0.2, -0.15) is 0 Å². The van der Waals surface area contributed by atoms with Crippen LogP contribution in [0.3, 0.4) is 0 Å². The third kappa shape index (κ3) is 4.92. The number of aryl methyl sites for hydroxylation is 1. The van der Waals surface area contributed by atoms with Crippen LogP contribution in [0, 0.1) is 0 Å². The first-order valence-corrected chi connectivity index (χ1v) is 7.87. The third-order valence-electron chi connectivity index (χ3n) is 2.75. The van der Waals surface area contributed by atoms with Gasteiger partial charge in [-0.15, -0.1) is 0 Å². The predicted molar refractivity (Wildman–Crippen MR) is 86.3 cm³/mol. The van der Waals surface area contributed by atoms with Crippen molar-refractivity contribution in [2.24, 2.45) is 0 Å². The minimum absolute atomic E-state index is 0.0868. The molecule has 6 nitrogen and oxygen atoms in total. The summed E-state index contributed by atoms with van der Waals surface area (Å²) in [7, 11) is 0. The number of phenolic OH excluding ortho intramolecular Hbond substituents is 1. The predicted octanol–water partition coefficient (Wildman–Crippen LogP) is 2.16. The molecule has 7 heteroatoms. The van der Waals surface area contributed by atoms with Gasteiger partial charge in [-0.25, -0.2) is 4.98 Å². The van der Waals surface area contributed by atoms with E-state index in [1.54, 1.807) is 12.1 Å². The maximum Gasteiger partial charge on any atom is 0.251 e. The van der Waals surface area contributed by atoms with Crippen LogP contribution in [0.2, 0.25) is 0 Å². The smallest absolute Gasteiger partial charge is 0.251 e. The molecule has 0 aliphatic heterocycles. The van der Waals surface area contributed by atoms with Crippen molar-refractivity contribution in [3.05, 3.63) is 46.4 Å². The van der Waals surface area contributed by atoms with Crippen molar-refractivity contribution in [2.75, 3.05) is 11.1 Å². The van der Waals surface area contributed by atoms with Gasteiger partial charge in [-0.05, 0) is 18.6 Å². The number of nitrogens with zero attached hydrogens (tertiary/aromatic N) is 1. The molecule has 1 aromatic heterocycles. The van der Waals surface area contributed by atoms with Crippen LogP contribution in [0.15, 0.2) is 40.3 Å². The van der Waals surface area contributed by atoms with Crippen LogP contribution in [0.4, 0.5) is 5.69 Å². The zero-order valence-corrected chi connectivity index (χ0v) is 12.9. The van der Waals surface area contributed by atoms with E-state index in [4.69, 9.17) is 0 Å². The first kappa shape index (κ1) is 16.1. The molecule has 116 valence electrons. The summed E-state index contributed by atoms with van der Waals surface area (Å²) in [6, 6.07) is 7.79. The largest absolute Gasteiger partial charge is 0.508 e. The molecular weight excluding hydrogens is 302 g/mol. The van der Waals surface area contributed by atoms with Crippen LogP contribution in [0.25, 0.3) is 0 Å². The molecule has 2 aromatic rings. The number of rotatable bonds is 6. The Balaban J connectivity index is 1.95. The highest BCUT2D eigenvalue weighted by molar-refractivity contribution is 7.99. The van der Waals surface area contributed by atoms with Gasteiger partial charge in [0.05, 0.1) is 5.75 Å². The summed E-state index contributed by atoms with van der Waals surface area (Å²) in [5.74, 6) is -0.0309. The zero-order valence-electron chi connectivity index (χ0n) is 12.1. The van der Waals surface area contributed by atoms with Crippen LogP contribution in [0.5, 0.6) is 5.75 Å². The molecule has 1 aromatic carbocycles. The van der Waals surface area contributed by atoms with Gasteiger partial charge in [-0.1, -0.05) is 31.2 Å². The number of anilines is 1. The Morgan fingerprint density at radius 1 is 1.41 bits per heavy atom. The number of carbonyl (C=O) groups is 1. The molecule has 0 aliphatic carbocycles. The fraction of sp³-hybridized carbons (Fsp3) is 0.267. The highest BCUT2D eigenvalue weighted by Crippen LogP contribution is 2.17. The molecule has 0 spiro atoms.